The predicted molar refractivity (Wildman–Crippen MR) is 424 cm³/mol. The van der Waals surface area contributed by atoms with E-state index in [2.05, 4.69) is 68.8 Å². The monoisotopic (exact) mass is 1480 g/mol. The number of amides is 2. The van der Waals surface area contributed by atoms with Crippen LogP contribution in [-0.4, -0.2) is 85.6 Å². The first kappa shape index (κ1) is 80.2. The van der Waals surface area contributed by atoms with Gasteiger partial charge >= 0.3 is 6.03 Å². The van der Waals surface area contributed by atoms with Crippen LogP contribution in [0, 0.1) is 20.8 Å². The van der Waals surface area contributed by atoms with Crippen molar-refractivity contribution >= 4 is 104 Å². The number of aliphatic imine (C=N–C) groups is 1. The molecular weight excluding hydrogens is 1380 g/mol. The number of nitrogens with one attached hydrogen (secondary N) is 4. The fourth-order valence-corrected chi connectivity index (χ4v) is 11.9. The first-order chi connectivity index (χ1) is 49.8. The van der Waals surface area contributed by atoms with Gasteiger partial charge in [0.25, 0.3) is 0 Å². The summed E-state index contributed by atoms with van der Waals surface area (Å²) in [6, 6.07) is 45.8. The number of carbonyl (C=O) groups excluding carboxylic acids is 2. The number of aromatic nitrogens is 6. The minimum absolute atomic E-state index is 0.131. The number of isocyanates is 1. The van der Waals surface area contributed by atoms with Gasteiger partial charge in [0.2, 0.25) is 43.8 Å². The first-order valence-corrected chi connectivity index (χ1v) is 37.8. The van der Waals surface area contributed by atoms with Crippen LogP contribution in [0.5, 0.6) is 46.4 Å². The van der Waals surface area contributed by atoms with Crippen LogP contribution in [0.25, 0.3) is 32.3 Å². The molecule has 0 atom stereocenters. The van der Waals surface area contributed by atoms with Crippen LogP contribution < -0.4 is 55.2 Å². The number of methoxy groups -OCH3 is 2. The van der Waals surface area contributed by atoms with Crippen molar-refractivity contribution in [2.24, 2.45) is 4.99 Å². The van der Waals surface area contributed by atoms with E-state index in [1.807, 2.05) is 181 Å². The number of nitrogen functional groups attached to an aromatic ring is 2. The van der Waals surface area contributed by atoms with Gasteiger partial charge in [-0.3, -0.25) is 9.44 Å². The normalized spacial score (nSPS) is 11.5. The third kappa shape index (κ3) is 21.6. The Morgan fingerprint density at radius 3 is 1.22 bits per heavy atom. The SMILES string of the molecule is COc1c(N)cc(C(C)(C)C)cc1NS(C)(=O)=O.COc1c(NC(=O)Nc2ccc(Oc3cc(C)nc(C(C)C)n3)c3ccccc23)cc(C(C)(C)C)cc1NS(C)(=O)=O.Cc1cc(Oc2ccc(N)c3ccccc23)nc(C(C)C)n1.Cc1cc(Oc2ccc(N=C=O)c3ccccc23)nc(C(C)C)n1. The van der Waals surface area contributed by atoms with Gasteiger partial charge in [-0.05, 0) is 103 Å². The third-order valence-electron chi connectivity index (χ3n) is 16.0. The molecule has 0 saturated carbocycles. The summed E-state index contributed by atoms with van der Waals surface area (Å²) in [4.78, 5) is 54.5. The van der Waals surface area contributed by atoms with Crippen molar-refractivity contribution in [3.8, 4) is 46.4 Å². The van der Waals surface area contributed by atoms with Crippen molar-refractivity contribution in [2.45, 2.75) is 132 Å². The molecule has 11 aromatic rings. The molecule has 0 aliphatic carbocycles. The largest absolute Gasteiger partial charge is 0.492 e. The minimum atomic E-state index is -3.60. The van der Waals surface area contributed by atoms with Crippen LogP contribution in [0.1, 0.15) is 147 Å². The molecule has 11 rings (SSSR count). The maximum absolute atomic E-state index is 13.3. The second-order valence-electron chi connectivity index (χ2n) is 28.2. The Bertz CT molecular complexity index is 5330. The first-order valence-electron chi connectivity index (χ1n) is 34.0. The lowest BCUT2D eigenvalue weighted by Gasteiger charge is -2.24. The Kier molecular flexibility index (Phi) is 25.7. The highest BCUT2D eigenvalue weighted by Crippen LogP contribution is 2.42. The summed E-state index contributed by atoms with van der Waals surface area (Å²) in [6.45, 7) is 30.1. The van der Waals surface area contributed by atoms with Crippen molar-refractivity contribution in [3.05, 3.63) is 197 Å². The van der Waals surface area contributed by atoms with Gasteiger partial charge in [0, 0.05) is 91.0 Å². The average molecular weight is 1480 g/mol. The number of ether oxygens (including phenoxy) is 5. The van der Waals surface area contributed by atoms with Gasteiger partial charge in [-0.25, -0.2) is 41.4 Å². The quantitative estimate of drug-likeness (QED) is 0.0264. The molecule has 0 bridgehead atoms. The van der Waals surface area contributed by atoms with Gasteiger partial charge in [-0.1, -0.05) is 156 Å². The zero-order valence-electron chi connectivity index (χ0n) is 63.3. The lowest BCUT2D eigenvalue weighted by molar-refractivity contribution is 0.262. The van der Waals surface area contributed by atoms with Crippen LogP contribution in [0.3, 0.4) is 0 Å². The van der Waals surface area contributed by atoms with E-state index in [0.29, 0.717) is 69.1 Å². The number of urea groups is 1. The molecule has 0 fully saturated rings. The summed E-state index contributed by atoms with van der Waals surface area (Å²) in [5.74, 6) is 6.88. The average Bonchev–Trinajstić information content (AvgIpc) is 0.819. The topological polar surface area (TPSA) is 338 Å². The molecule has 3 aromatic heterocycles. The van der Waals surface area contributed by atoms with E-state index < -0.39 is 26.1 Å². The number of benzene rings is 8. The van der Waals surface area contributed by atoms with Crippen LogP contribution >= 0.6 is 0 Å². The molecule has 24 nitrogen and oxygen atoms in total. The molecular formula is C80H93N13O11S2. The van der Waals surface area contributed by atoms with E-state index in [9.17, 15) is 26.4 Å². The highest BCUT2D eigenvalue weighted by molar-refractivity contribution is 7.92. The molecule has 0 unspecified atom stereocenters. The molecule has 0 spiro atoms. The summed E-state index contributed by atoms with van der Waals surface area (Å²) >= 11 is 0. The number of sulfonamides is 2. The maximum atomic E-state index is 13.3. The fraction of sp³-hybridized carbons (Fsp3) is 0.300. The van der Waals surface area contributed by atoms with Crippen molar-refractivity contribution in [1.29, 1.82) is 0 Å². The van der Waals surface area contributed by atoms with Crippen molar-refractivity contribution in [2.75, 3.05) is 58.3 Å². The molecule has 8 aromatic carbocycles. The zero-order chi connectivity index (χ0) is 77.8. The van der Waals surface area contributed by atoms with Crippen LogP contribution in [0.2, 0.25) is 0 Å². The number of hydrogen-bond donors (Lipinski definition) is 6. The van der Waals surface area contributed by atoms with Gasteiger partial charge in [0.15, 0.2) is 11.5 Å². The Hall–Kier alpha value is -11.5. The van der Waals surface area contributed by atoms with Gasteiger partial charge in [-0.15, -0.1) is 0 Å². The van der Waals surface area contributed by atoms with Gasteiger partial charge in [0.05, 0.1) is 60.9 Å². The Morgan fingerprint density at radius 1 is 0.443 bits per heavy atom. The smallest absolute Gasteiger partial charge is 0.323 e. The van der Waals surface area contributed by atoms with Gasteiger partial charge in [0.1, 0.15) is 34.7 Å². The van der Waals surface area contributed by atoms with Crippen molar-refractivity contribution in [1.82, 2.24) is 29.9 Å². The Balaban J connectivity index is 0.000000190. The molecule has 0 radical (unpaired) electrons. The molecule has 3 heterocycles. The second kappa shape index (κ2) is 34.0. The third-order valence-corrected chi connectivity index (χ3v) is 17.2. The molecule has 106 heavy (non-hydrogen) atoms. The molecule has 0 aliphatic heterocycles. The highest BCUT2D eigenvalue weighted by atomic mass is 32.2. The number of hydrogen-bond acceptors (Lipinski definition) is 20. The summed E-state index contributed by atoms with van der Waals surface area (Å²) in [6.07, 6.45) is 3.74. The van der Waals surface area contributed by atoms with E-state index in [1.54, 1.807) is 66.7 Å². The number of carbonyl (C=O) groups is 1. The number of aryl methyl sites for hydroxylation is 3. The lowest BCUT2D eigenvalue weighted by atomic mass is 9.86. The molecule has 0 saturated heterocycles. The molecule has 8 N–H and O–H groups in total. The number of rotatable bonds is 18. The molecule has 26 heteroatoms. The van der Waals surface area contributed by atoms with E-state index in [4.69, 9.17) is 35.2 Å². The number of fused-ring (bicyclic) bond motifs is 3. The Morgan fingerprint density at radius 2 is 0.802 bits per heavy atom. The summed E-state index contributed by atoms with van der Waals surface area (Å²) in [5, 5.41) is 10.9. The van der Waals surface area contributed by atoms with E-state index in [-0.39, 0.29) is 40.0 Å². The van der Waals surface area contributed by atoms with Crippen LogP contribution in [0.4, 0.5) is 44.6 Å². The number of nitrogens with zero attached hydrogens (tertiary/aromatic N) is 7. The van der Waals surface area contributed by atoms with Crippen molar-refractivity contribution in [3.63, 3.8) is 0 Å². The summed E-state index contributed by atoms with van der Waals surface area (Å²) < 4.78 is 80.6. The highest BCUT2D eigenvalue weighted by Gasteiger charge is 2.25. The van der Waals surface area contributed by atoms with Gasteiger partial charge in [-0.2, -0.15) is 19.9 Å². The summed E-state index contributed by atoms with van der Waals surface area (Å²) in [7, 11) is -4.11. The summed E-state index contributed by atoms with van der Waals surface area (Å²) in [5.41, 5.74) is 18.9. The standard InChI is InChI=1S/C31H37N5O5S.C19H17N3O2.C18H19N3O.C12H20N2O3S/c1-18(2)29-32-19(3)15-27(35-29)41-26-14-13-23(21-11-9-10-12-22(21)26)33-30(37)34-24-16-20(31(4,5)6)17-25(28(24)40-7)36-42(8,38)39;1-12(2)19-21-13(3)10-18(22-19)24-17-9-8-16(20-11-23)14-6-4-5-7-15(14)17;1-11(2)18-20-12(3)10-17(21-18)22-16-9-8-15(19)13-6-4-5-7-14(13)16;1-12(2,3)8-6-9(13)11(17-4)10(7-8)14-18(5,15)16/h9-18,36H,1-8H3,(H2,33,34,37);4-10,12H,1-3H3;4-11H,19H2,1-3H3;6-7,14H,13H2,1-5H3. The van der Waals surface area contributed by atoms with Crippen LogP contribution in [-0.2, 0) is 35.7 Å². The minimum Gasteiger partial charge on any atom is -0.492 e. The van der Waals surface area contributed by atoms with Gasteiger partial charge < -0.3 is 45.8 Å². The van der Waals surface area contributed by atoms with Crippen LogP contribution in [0.15, 0.2) is 157 Å². The second-order valence-corrected chi connectivity index (χ2v) is 31.6. The van der Waals surface area contributed by atoms with Crippen molar-refractivity contribution < 1.29 is 50.1 Å². The predicted octanol–water partition coefficient (Wildman–Crippen LogP) is 18.4. The fourth-order valence-electron chi connectivity index (χ4n) is 10.8. The van der Waals surface area contributed by atoms with E-state index in [0.717, 1.165) is 96.1 Å². The maximum Gasteiger partial charge on any atom is 0.323 e. The molecule has 0 aliphatic rings. The molecule has 2 amide bonds. The number of anilines is 6. The van der Waals surface area contributed by atoms with E-state index in [1.165, 1.54) is 14.2 Å². The zero-order valence-corrected chi connectivity index (χ0v) is 64.9. The lowest BCUT2D eigenvalue weighted by Crippen LogP contribution is -2.22. The Labute approximate surface area is 620 Å². The number of nitrogens with two attached hydrogens (primary N) is 2. The van der Waals surface area contributed by atoms with E-state index >= 15 is 0 Å². The molecule has 556 valence electrons.